The predicted molar refractivity (Wildman–Crippen MR) is 106 cm³/mol. The molecule has 1 aliphatic rings. The quantitative estimate of drug-likeness (QED) is 0.773. The molecule has 0 radical (unpaired) electrons. The number of rotatable bonds is 5. The van der Waals surface area contributed by atoms with Crippen molar-refractivity contribution < 1.29 is 22.7 Å². The maximum atomic E-state index is 13.3. The van der Waals surface area contributed by atoms with Gasteiger partial charge in [0.2, 0.25) is 5.91 Å². The molecule has 6 heteroatoms. The van der Waals surface area contributed by atoms with Crippen molar-refractivity contribution in [3.63, 3.8) is 0 Å². The lowest BCUT2D eigenvalue weighted by Gasteiger charge is -2.37. The zero-order valence-corrected chi connectivity index (χ0v) is 16.7. The van der Waals surface area contributed by atoms with E-state index < -0.39 is 22.6 Å². The fraction of sp³-hybridized carbons (Fsp3) is 0.435. The van der Waals surface area contributed by atoms with Gasteiger partial charge in [0.05, 0.1) is 11.0 Å². The van der Waals surface area contributed by atoms with E-state index >= 15 is 0 Å². The number of amides is 1. The van der Waals surface area contributed by atoms with Gasteiger partial charge in [0.1, 0.15) is 0 Å². The molecular weight excluding hydrogens is 379 g/mol. The summed E-state index contributed by atoms with van der Waals surface area (Å²) in [4.78, 5) is 13.3. The molecule has 0 aliphatic carbocycles. The van der Waals surface area contributed by atoms with Gasteiger partial charge in [-0.3, -0.25) is 4.79 Å². The topological polar surface area (TPSA) is 38.3 Å². The van der Waals surface area contributed by atoms with Gasteiger partial charge in [-0.05, 0) is 30.0 Å². The summed E-state index contributed by atoms with van der Waals surface area (Å²) >= 11 is 0. The monoisotopic (exact) mass is 405 g/mol. The van der Waals surface area contributed by atoms with Gasteiger partial charge in [0.25, 0.3) is 0 Å². The lowest BCUT2D eigenvalue weighted by atomic mass is 9.73. The number of hydrogen-bond donors (Lipinski definition) is 1. The number of alkyl halides is 3. The van der Waals surface area contributed by atoms with Gasteiger partial charge in [-0.1, -0.05) is 62.4 Å². The molecule has 2 aromatic carbocycles. The molecule has 0 saturated carbocycles. The lowest BCUT2D eigenvalue weighted by Crippen LogP contribution is -2.50. The second kappa shape index (κ2) is 8.19. The standard InChI is InChI=1S/C23H26F3NO2/c1-21(2,18-9-6-10-19(15-18)23(24,25)26)16-27-20(28)22(11-13-29-14-12-22)17-7-4-3-5-8-17/h3-10,15H,11-14,16H2,1-2H3,(H,27,28). The minimum Gasteiger partial charge on any atom is -0.381 e. The van der Waals surface area contributed by atoms with Crippen LogP contribution in [-0.4, -0.2) is 25.7 Å². The van der Waals surface area contributed by atoms with Gasteiger partial charge >= 0.3 is 6.18 Å². The van der Waals surface area contributed by atoms with Crippen LogP contribution in [0.4, 0.5) is 13.2 Å². The van der Waals surface area contributed by atoms with Crippen LogP contribution in [-0.2, 0) is 26.5 Å². The summed E-state index contributed by atoms with van der Waals surface area (Å²) in [6.45, 7) is 4.91. The van der Waals surface area contributed by atoms with E-state index in [4.69, 9.17) is 4.74 Å². The molecule has 156 valence electrons. The third kappa shape index (κ3) is 4.64. The third-order valence-corrected chi connectivity index (χ3v) is 5.77. The van der Waals surface area contributed by atoms with Crippen LogP contribution in [0.25, 0.3) is 0 Å². The highest BCUT2D eigenvalue weighted by Crippen LogP contribution is 2.36. The highest BCUT2D eigenvalue weighted by molar-refractivity contribution is 5.88. The summed E-state index contributed by atoms with van der Waals surface area (Å²) in [5, 5.41) is 3.01. The third-order valence-electron chi connectivity index (χ3n) is 5.77. The first kappa shape index (κ1) is 21.4. The van der Waals surface area contributed by atoms with E-state index in [1.165, 1.54) is 6.07 Å². The summed E-state index contributed by atoms with van der Waals surface area (Å²) in [5.41, 5.74) is -0.533. The smallest absolute Gasteiger partial charge is 0.381 e. The summed E-state index contributed by atoms with van der Waals surface area (Å²) in [6, 6.07) is 14.9. The second-order valence-corrected chi connectivity index (χ2v) is 8.21. The SMILES string of the molecule is CC(C)(CNC(=O)C1(c2ccccc2)CCOCC1)c1cccc(C(F)(F)F)c1. The number of halogens is 3. The van der Waals surface area contributed by atoms with Crippen molar-refractivity contribution in [1.82, 2.24) is 5.32 Å². The van der Waals surface area contributed by atoms with Crippen molar-refractivity contribution in [2.45, 2.75) is 43.7 Å². The van der Waals surface area contributed by atoms with Crippen molar-refractivity contribution >= 4 is 5.91 Å². The zero-order valence-electron chi connectivity index (χ0n) is 16.7. The number of benzene rings is 2. The summed E-state index contributed by atoms with van der Waals surface area (Å²) < 4.78 is 44.7. The Morgan fingerprint density at radius 1 is 1.00 bits per heavy atom. The molecule has 1 aliphatic heterocycles. The molecule has 0 spiro atoms. The highest BCUT2D eigenvalue weighted by atomic mass is 19.4. The van der Waals surface area contributed by atoms with Gasteiger partial charge in [-0.25, -0.2) is 0 Å². The predicted octanol–water partition coefficient (Wildman–Crippen LogP) is 4.85. The maximum Gasteiger partial charge on any atom is 0.416 e. The van der Waals surface area contributed by atoms with E-state index in [1.807, 2.05) is 44.2 Å². The molecule has 0 unspecified atom stereocenters. The minimum absolute atomic E-state index is 0.105. The first-order chi connectivity index (χ1) is 13.7. The first-order valence-corrected chi connectivity index (χ1v) is 9.74. The van der Waals surface area contributed by atoms with Crippen molar-refractivity contribution in [3.05, 3.63) is 71.3 Å². The lowest BCUT2D eigenvalue weighted by molar-refractivity contribution is -0.137. The number of hydrogen-bond acceptors (Lipinski definition) is 2. The van der Waals surface area contributed by atoms with E-state index in [9.17, 15) is 18.0 Å². The number of carbonyl (C=O) groups excluding carboxylic acids is 1. The molecule has 3 nitrogen and oxygen atoms in total. The minimum atomic E-state index is -4.39. The van der Waals surface area contributed by atoms with Crippen LogP contribution in [0.1, 0.15) is 43.4 Å². The Bertz CT molecular complexity index is 841. The molecule has 29 heavy (non-hydrogen) atoms. The molecule has 1 N–H and O–H groups in total. The van der Waals surface area contributed by atoms with Gasteiger partial charge in [0, 0.05) is 25.2 Å². The molecule has 2 aromatic rings. The Labute approximate surface area is 169 Å². The molecular formula is C23H26F3NO2. The van der Waals surface area contributed by atoms with Crippen LogP contribution in [0.15, 0.2) is 54.6 Å². The molecule has 1 heterocycles. The van der Waals surface area contributed by atoms with Crippen molar-refractivity contribution in [1.29, 1.82) is 0 Å². The average Bonchev–Trinajstić information content (AvgIpc) is 2.72. The highest BCUT2D eigenvalue weighted by Gasteiger charge is 2.42. The van der Waals surface area contributed by atoms with E-state index in [1.54, 1.807) is 6.07 Å². The molecule has 0 aromatic heterocycles. The molecule has 1 amide bonds. The summed E-state index contributed by atoms with van der Waals surface area (Å²) in [6.07, 6.45) is -3.24. The van der Waals surface area contributed by atoms with Crippen LogP contribution in [0.5, 0.6) is 0 Å². The van der Waals surface area contributed by atoms with E-state index in [0.717, 1.165) is 17.7 Å². The van der Waals surface area contributed by atoms with Gasteiger partial charge in [-0.15, -0.1) is 0 Å². The Kier molecular flexibility index (Phi) is 6.03. The van der Waals surface area contributed by atoms with Crippen LogP contribution >= 0.6 is 0 Å². The van der Waals surface area contributed by atoms with Crippen molar-refractivity contribution in [2.24, 2.45) is 0 Å². The average molecular weight is 405 g/mol. The first-order valence-electron chi connectivity index (χ1n) is 9.74. The van der Waals surface area contributed by atoms with Crippen LogP contribution in [0.2, 0.25) is 0 Å². The molecule has 1 saturated heterocycles. The Hall–Kier alpha value is -2.34. The maximum absolute atomic E-state index is 13.3. The zero-order chi connectivity index (χ0) is 21.1. The van der Waals surface area contributed by atoms with Gasteiger partial charge < -0.3 is 10.1 Å². The van der Waals surface area contributed by atoms with Crippen LogP contribution < -0.4 is 5.32 Å². The second-order valence-electron chi connectivity index (χ2n) is 8.21. The largest absolute Gasteiger partial charge is 0.416 e. The molecule has 0 atom stereocenters. The number of carbonyl (C=O) groups is 1. The van der Waals surface area contributed by atoms with Crippen molar-refractivity contribution in [3.8, 4) is 0 Å². The molecule has 0 bridgehead atoms. The Morgan fingerprint density at radius 2 is 1.62 bits per heavy atom. The Morgan fingerprint density at radius 3 is 2.24 bits per heavy atom. The number of ether oxygens (including phenoxy) is 1. The summed E-state index contributed by atoms with van der Waals surface area (Å²) in [7, 11) is 0. The van der Waals surface area contributed by atoms with Crippen molar-refractivity contribution in [2.75, 3.05) is 19.8 Å². The van der Waals surface area contributed by atoms with Gasteiger partial charge in [0.15, 0.2) is 0 Å². The molecule has 1 fully saturated rings. The fourth-order valence-corrected chi connectivity index (χ4v) is 3.81. The van der Waals surface area contributed by atoms with Gasteiger partial charge in [-0.2, -0.15) is 13.2 Å². The van der Waals surface area contributed by atoms with Crippen LogP contribution in [0, 0.1) is 0 Å². The van der Waals surface area contributed by atoms with E-state index in [-0.39, 0.29) is 12.5 Å². The Balaban J connectivity index is 1.79. The summed E-state index contributed by atoms with van der Waals surface area (Å²) in [5.74, 6) is -0.105. The normalized spacial score (nSPS) is 17.0. The number of nitrogens with one attached hydrogen (secondary N) is 1. The van der Waals surface area contributed by atoms with E-state index in [0.29, 0.717) is 31.6 Å². The van der Waals surface area contributed by atoms with E-state index in [2.05, 4.69) is 5.32 Å². The fourth-order valence-electron chi connectivity index (χ4n) is 3.81. The van der Waals surface area contributed by atoms with Crippen LogP contribution in [0.3, 0.4) is 0 Å². The molecule has 3 rings (SSSR count).